The molecule has 0 radical (unpaired) electrons. The summed E-state index contributed by atoms with van der Waals surface area (Å²) in [5, 5.41) is 13.9. The quantitative estimate of drug-likeness (QED) is 0.885. The Kier molecular flexibility index (Phi) is 5.09. The van der Waals surface area contributed by atoms with Gasteiger partial charge in [-0.15, -0.1) is 0 Å². The Labute approximate surface area is 150 Å². The lowest BCUT2D eigenvalue weighted by molar-refractivity contribution is -0.123. The molecule has 4 heteroatoms. The minimum Gasteiger partial charge on any atom is -0.387 e. The summed E-state index contributed by atoms with van der Waals surface area (Å²) in [6.07, 6.45) is 8.33. The van der Waals surface area contributed by atoms with E-state index in [1.807, 2.05) is 6.07 Å². The van der Waals surface area contributed by atoms with Gasteiger partial charge in [0.25, 0.3) is 0 Å². The molecule has 2 aliphatic carbocycles. The Bertz CT molecular complexity index is 604. The van der Waals surface area contributed by atoms with Crippen molar-refractivity contribution in [1.29, 1.82) is 0 Å². The van der Waals surface area contributed by atoms with Crippen LogP contribution in [0.1, 0.15) is 62.2 Å². The zero-order chi connectivity index (χ0) is 17.2. The second-order valence-corrected chi connectivity index (χ2v) is 8.15. The van der Waals surface area contributed by atoms with Gasteiger partial charge in [-0.05, 0) is 49.1 Å². The summed E-state index contributed by atoms with van der Waals surface area (Å²) >= 11 is 0. The number of nitrogens with one attached hydrogen (secondary N) is 1. The van der Waals surface area contributed by atoms with Crippen LogP contribution in [0.5, 0.6) is 0 Å². The molecule has 2 fully saturated rings. The number of aliphatic hydroxyl groups excluding tert-OH is 1. The number of piperidine rings is 1. The van der Waals surface area contributed by atoms with Crippen molar-refractivity contribution in [3.05, 3.63) is 35.4 Å². The smallest absolute Gasteiger partial charge is 0.220 e. The molecule has 2 atom stereocenters. The van der Waals surface area contributed by atoms with Crippen LogP contribution >= 0.6 is 0 Å². The van der Waals surface area contributed by atoms with E-state index in [0.29, 0.717) is 12.0 Å². The number of aliphatic hydroxyl groups is 1. The molecule has 2 N–H and O–H groups in total. The minimum atomic E-state index is -0.371. The van der Waals surface area contributed by atoms with E-state index >= 15 is 0 Å². The molecule has 1 aliphatic heterocycles. The van der Waals surface area contributed by atoms with Crippen molar-refractivity contribution >= 4 is 5.91 Å². The van der Waals surface area contributed by atoms with E-state index in [4.69, 9.17) is 0 Å². The van der Waals surface area contributed by atoms with Crippen LogP contribution < -0.4 is 5.32 Å². The van der Waals surface area contributed by atoms with Gasteiger partial charge in [0.15, 0.2) is 0 Å². The highest BCUT2D eigenvalue weighted by Crippen LogP contribution is 2.35. The van der Waals surface area contributed by atoms with Crippen LogP contribution in [-0.4, -0.2) is 41.1 Å². The van der Waals surface area contributed by atoms with Crippen LogP contribution in [0.25, 0.3) is 0 Å². The standard InChI is InChI=1S/C21H30N2O2/c24-20(13-15-5-1-2-6-15)22-17-9-11-23(12-10-17)19-14-16-7-3-4-8-18(16)21(19)25/h3-4,7-8,15,17,19,21,25H,1-2,5-6,9-14H2,(H,22,24). The summed E-state index contributed by atoms with van der Waals surface area (Å²) in [4.78, 5) is 14.7. The first-order chi connectivity index (χ1) is 12.2. The third-order valence-electron chi connectivity index (χ3n) is 6.48. The molecule has 1 aromatic carbocycles. The summed E-state index contributed by atoms with van der Waals surface area (Å²) in [6.45, 7) is 1.92. The molecular formula is C21H30N2O2. The first kappa shape index (κ1) is 17.0. The number of hydrogen-bond acceptors (Lipinski definition) is 3. The van der Waals surface area contributed by atoms with Gasteiger partial charge in [0, 0.05) is 31.6 Å². The first-order valence-corrected chi connectivity index (χ1v) is 10.00. The highest BCUT2D eigenvalue weighted by molar-refractivity contribution is 5.76. The van der Waals surface area contributed by atoms with Crippen molar-refractivity contribution < 1.29 is 9.90 Å². The summed E-state index contributed by atoms with van der Waals surface area (Å²) in [5.74, 6) is 0.867. The van der Waals surface area contributed by atoms with Crippen molar-refractivity contribution in [3.8, 4) is 0 Å². The van der Waals surface area contributed by atoms with Crippen LogP contribution in [0, 0.1) is 5.92 Å². The molecule has 1 aromatic rings. The largest absolute Gasteiger partial charge is 0.387 e. The van der Waals surface area contributed by atoms with Gasteiger partial charge < -0.3 is 10.4 Å². The molecule has 1 saturated carbocycles. The second kappa shape index (κ2) is 7.46. The molecule has 4 nitrogen and oxygen atoms in total. The van der Waals surface area contributed by atoms with Gasteiger partial charge in [0.1, 0.15) is 0 Å². The lowest BCUT2D eigenvalue weighted by Crippen LogP contribution is -2.49. The van der Waals surface area contributed by atoms with Crippen molar-refractivity contribution in [1.82, 2.24) is 10.2 Å². The maximum Gasteiger partial charge on any atom is 0.220 e. The second-order valence-electron chi connectivity index (χ2n) is 8.15. The van der Waals surface area contributed by atoms with Gasteiger partial charge in [-0.3, -0.25) is 9.69 Å². The summed E-state index contributed by atoms with van der Waals surface area (Å²) in [5.41, 5.74) is 2.38. The van der Waals surface area contributed by atoms with Crippen molar-refractivity contribution in [3.63, 3.8) is 0 Å². The van der Waals surface area contributed by atoms with Gasteiger partial charge in [0.05, 0.1) is 6.10 Å². The Hall–Kier alpha value is -1.39. The lowest BCUT2D eigenvalue weighted by atomic mass is 9.99. The third kappa shape index (κ3) is 3.75. The van der Waals surface area contributed by atoms with Crippen LogP contribution in [0.3, 0.4) is 0 Å². The molecule has 4 rings (SSSR count). The Morgan fingerprint density at radius 1 is 1.12 bits per heavy atom. The van der Waals surface area contributed by atoms with Crippen LogP contribution in [0.15, 0.2) is 24.3 Å². The van der Waals surface area contributed by atoms with Crippen LogP contribution in [0.2, 0.25) is 0 Å². The molecule has 2 unspecified atom stereocenters. The number of amides is 1. The van der Waals surface area contributed by atoms with Crippen LogP contribution in [-0.2, 0) is 11.2 Å². The number of likely N-dealkylation sites (tertiary alicyclic amines) is 1. The zero-order valence-corrected chi connectivity index (χ0v) is 15.0. The van der Waals surface area contributed by atoms with Gasteiger partial charge in [-0.2, -0.15) is 0 Å². The monoisotopic (exact) mass is 342 g/mol. The minimum absolute atomic E-state index is 0.201. The van der Waals surface area contributed by atoms with Crippen molar-refractivity contribution in [2.24, 2.45) is 5.92 Å². The molecule has 25 heavy (non-hydrogen) atoms. The maximum atomic E-state index is 12.2. The molecule has 1 heterocycles. The maximum absolute atomic E-state index is 12.2. The topological polar surface area (TPSA) is 52.6 Å². The number of rotatable bonds is 4. The van der Waals surface area contributed by atoms with E-state index in [1.165, 1.54) is 31.2 Å². The molecule has 3 aliphatic rings. The summed E-state index contributed by atoms with van der Waals surface area (Å²) in [7, 11) is 0. The number of benzene rings is 1. The van der Waals surface area contributed by atoms with E-state index in [9.17, 15) is 9.90 Å². The zero-order valence-electron chi connectivity index (χ0n) is 15.0. The average molecular weight is 342 g/mol. The van der Waals surface area contributed by atoms with E-state index in [2.05, 4.69) is 28.4 Å². The normalized spacial score (nSPS) is 28.2. The Morgan fingerprint density at radius 3 is 2.56 bits per heavy atom. The van der Waals surface area contributed by atoms with E-state index in [-0.39, 0.29) is 18.1 Å². The highest BCUT2D eigenvalue weighted by atomic mass is 16.3. The number of fused-ring (bicyclic) bond motifs is 1. The molecule has 1 amide bonds. The van der Waals surface area contributed by atoms with E-state index < -0.39 is 0 Å². The number of carbonyl (C=O) groups excluding carboxylic acids is 1. The molecule has 1 saturated heterocycles. The molecule has 0 bridgehead atoms. The predicted octanol–water partition coefficient (Wildman–Crippen LogP) is 2.81. The third-order valence-corrected chi connectivity index (χ3v) is 6.48. The number of carbonyl (C=O) groups is 1. The van der Waals surface area contributed by atoms with Gasteiger partial charge in [-0.1, -0.05) is 37.1 Å². The molecule has 0 aromatic heterocycles. The highest BCUT2D eigenvalue weighted by Gasteiger charge is 2.36. The summed E-state index contributed by atoms with van der Waals surface area (Å²) < 4.78 is 0. The first-order valence-electron chi connectivity index (χ1n) is 10.00. The van der Waals surface area contributed by atoms with Crippen molar-refractivity contribution in [2.45, 2.75) is 69.6 Å². The summed E-state index contributed by atoms with van der Waals surface area (Å²) in [6, 6.07) is 8.76. The molecule has 0 spiro atoms. The van der Waals surface area contributed by atoms with Gasteiger partial charge in [-0.25, -0.2) is 0 Å². The fourth-order valence-electron chi connectivity index (χ4n) is 5.02. The molecular weight excluding hydrogens is 312 g/mol. The van der Waals surface area contributed by atoms with Crippen LogP contribution in [0.4, 0.5) is 0 Å². The van der Waals surface area contributed by atoms with Gasteiger partial charge in [0.2, 0.25) is 5.91 Å². The van der Waals surface area contributed by atoms with Gasteiger partial charge >= 0.3 is 0 Å². The Balaban J connectivity index is 1.25. The average Bonchev–Trinajstić information content (AvgIpc) is 3.24. The number of hydrogen-bond donors (Lipinski definition) is 2. The fraction of sp³-hybridized carbons (Fsp3) is 0.667. The fourth-order valence-corrected chi connectivity index (χ4v) is 5.02. The SMILES string of the molecule is O=C(CC1CCCC1)NC1CCN(C2Cc3ccccc3C2O)CC1. The Morgan fingerprint density at radius 2 is 1.84 bits per heavy atom. The predicted molar refractivity (Wildman–Crippen MR) is 98.2 cm³/mol. The van der Waals surface area contributed by atoms with E-state index in [1.54, 1.807) is 0 Å². The van der Waals surface area contributed by atoms with E-state index in [0.717, 1.165) is 44.3 Å². The van der Waals surface area contributed by atoms with Crippen molar-refractivity contribution in [2.75, 3.05) is 13.1 Å². The number of nitrogens with zero attached hydrogens (tertiary/aromatic N) is 1. The lowest BCUT2D eigenvalue weighted by Gasteiger charge is -2.37. The molecule has 136 valence electrons.